The molecule has 160 valence electrons. The number of nitrogens with zero attached hydrogens (tertiary/aromatic N) is 5. The zero-order chi connectivity index (χ0) is 21.5. The molecule has 1 aliphatic heterocycles. The molecule has 0 bridgehead atoms. The third kappa shape index (κ3) is 3.84. The lowest BCUT2D eigenvalue weighted by Gasteiger charge is -2.37. The normalized spacial score (nSPS) is 21.0. The third-order valence-corrected chi connectivity index (χ3v) is 6.04. The van der Waals surface area contributed by atoms with Gasteiger partial charge in [0, 0.05) is 24.6 Å². The molecule has 1 saturated heterocycles. The van der Waals surface area contributed by atoms with Gasteiger partial charge in [-0.1, -0.05) is 5.16 Å². The average Bonchev–Trinajstić information content (AvgIpc) is 3.47. The van der Waals surface area contributed by atoms with Crippen LogP contribution in [0.3, 0.4) is 0 Å². The summed E-state index contributed by atoms with van der Waals surface area (Å²) in [4.78, 5) is 16.3. The van der Waals surface area contributed by atoms with E-state index in [0.717, 1.165) is 6.07 Å². The highest BCUT2D eigenvalue weighted by Gasteiger charge is 2.42. The average molecular weight is 441 g/mol. The molecule has 30 heavy (non-hydrogen) atoms. The number of rotatable bonds is 4. The fourth-order valence-electron chi connectivity index (χ4n) is 3.51. The van der Waals surface area contributed by atoms with Gasteiger partial charge in [0.2, 0.25) is 0 Å². The van der Waals surface area contributed by atoms with Crippen LogP contribution in [0, 0.1) is 0 Å². The van der Waals surface area contributed by atoms with Crippen molar-refractivity contribution in [3.8, 4) is 5.00 Å². The Morgan fingerprint density at radius 3 is 2.77 bits per heavy atom. The minimum atomic E-state index is -4.83. The van der Waals surface area contributed by atoms with Crippen LogP contribution in [0.5, 0.6) is 0 Å². The number of hydrogen-bond acceptors (Lipinski definition) is 7. The van der Waals surface area contributed by atoms with E-state index < -0.39 is 18.0 Å². The standard InChI is InChI=1S/C18H18F3N5O3S/c1-10-2-3-11(14-8-13(24-29-14)15(27)18(19,20)21)9-25(10)16(28)12-4-7-30-17(12)26-22-5-6-23-26/h4-8,10-11,15,27H,2-3,9H2,1H3/t10-,11-,15+/m1/s1. The predicted molar refractivity (Wildman–Crippen MR) is 99.2 cm³/mol. The molecule has 1 N–H and O–H groups in total. The van der Waals surface area contributed by atoms with Gasteiger partial charge in [0.05, 0.1) is 18.0 Å². The third-order valence-electron chi connectivity index (χ3n) is 5.16. The molecule has 1 amide bonds. The van der Waals surface area contributed by atoms with Gasteiger partial charge in [-0.3, -0.25) is 4.79 Å². The molecule has 3 aromatic heterocycles. The van der Waals surface area contributed by atoms with Crippen LogP contribution in [0.15, 0.2) is 34.4 Å². The molecule has 4 heterocycles. The highest BCUT2D eigenvalue weighted by molar-refractivity contribution is 7.12. The van der Waals surface area contributed by atoms with Crippen LogP contribution in [0.25, 0.3) is 5.00 Å². The van der Waals surface area contributed by atoms with Crippen molar-refractivity contribution in [2.45, 2.75) is 44.0 Å². The Balaban J connectivity index is 1.54. The number of carbonyl (C=O) groups excluding carboxylic acids is 1. The quantitative estimate of drug-likeness (QED) is 0.667. The maximum absolute atomic E-state index is 13.2. The number of aromatic nitrogens is 4. The van der Waals surface area contributed by atoms with Crippen LogP contribution in [0.1, 0.15) is 53.6 Å². The van der Waals surface area contributed by atoms with Gasteiger partial charge >= 0.3 is 6.18 Å². The number of piperidine rings is 1. The Labute approximate surface area is 172 Å². The van der Waals surface area contributed by atoms with Gasteiger partial charge in [-0.2, -0.15) is 23.4 Å². The monoisotopic (exact) mass is 441 g/mol. The smallest absolute Gasteiger partial charge is 0.378 e. The molecule has 12 heteroatoms. The summed E-state index contributed by atoms with van der Waals surface area (Å²) >= 11 is 1.33. The number of alkyl halides is 3. The SMILES string of the molecule is C[C@@H]1CC[C@@H](c2cc([C@H](O)C(F)(F)F)no2)CN1C(=O)c1ccsc1-n1nccn1. The maximum atomic E-state index is 13.2. The molecular weight excluding hydrogens is 423 g/mol. The first kappa shape index (κ1) is 20.5. The minimum absolute atomic E-state index is 0.0600. The van der Waals surface area contributed by atoms with Crippen molar-refractivity contribution in [1.82, 2.24) is 25.1 Å². The molecule has 0 saturated carbocycles. The Hall–Kier alpha value is -2.73. The van der Waals surface area contributed by atoms with Crippen molar-refractivity contribution in [3.05, 3.63) is 46.9 Å². The largest absolute Gasteiger partial charge is 0.420 e. The van der Waals surface area contributed by atoms with Crippen molar-refractivity contribution < 1.29 is 27.6 Å². The predicted octanol–water partition coefficient (Wildman–Crippen LogP) is 3.32. The minimum Gasteiger partial charge on any atom is -0.378 e. The first-order chi connectivity index (χ1) is 14.3. The summed E-state index contributed by atoms with van der Waals surface area (Å²) in [5, 5.41) is 23.3. The maximum Gasteiger partial charge on any atom is 0.420 e. The zero-order valence-electron chi connectivity index (χ0n) is 15.8. The molecule has 3 atom stereocenters. The second kappa shape index (κ2) is 7.84. The number of thiophene rings is 1. The van der Waals surface area contributed by atoms with Crippen LogP contribution < -0.4 is 0 Å². The lowest BCUT2D eigenvalue weighted by Crippen LogP contribution is -2.45. The van der Waals surface area contributed by atoms with Crippen molar-refractivity contribution in [2.24, 2.45) is 0 Å². The summed E-state index contributed by atoms with van der Waals surface area (Å²) in [6, 6.07) is 2.76. The van der Waals surface area contributed by atoms with Gasteiger partial charge in [-0.25, -0.2) is 0 Å². The van der Waals surface area contributed by atoms with E-state index in [9.17, 15) is 23.1 Å². The Kier molecular flexibility index (Phi) is 5.36. The summed E-state index contributed by atoms with van der Waals surface area (Å²) in [7, 11) is 0. The summed E-state index contributed by atoms with van der Waals surface area (Å²) in [6.07, 6.45) is -3.22. The van der Waals surface area contributed by atoms with Gasteiger partial charge < -0.3 is 14.5 Å². The van der Waals surface area contributed by atoms with Gasteiger partial charge in [0.15, 0.2) is 11.1 Å². The van der Waals surface area contributed by atoms with E-state index in [1.807, 2.05) is 6.92 Å². The molecule has 0 aliphatic carbocycles. The van der Waals surface area contributed by atoms with E-state index in [0.29, 0.717) is 23.4 Å². The Morgan fingerprint density at radius 1 is 1.33 bits per heavy atom. The molecule has 1 aliphatic rings. The Bertz CT molecular complexity index is 1020. The van der Waals surface area contributed by atoms with Crippen molar-refractivity contribution in [2.75, 3.05) is 6.54 Å². The number of carbonyl (C=O) groups is 1. The molecule has 0 unspecified atom stereocenters. The molecule has 0 spiro atoms. The first-order valence-electron chi connectivity index (χ1n) is 9.22. The molecule has 3 aromatic rings. The fraction of sp³-hybridized carbons (Fsp3) is 0.444. The van der Waals surface area contributed by atoms with Gasteiger partial charge in [0.25, 0.3) is 5.91 Å². The lowest BCUT2D eigenvalue weighted by atomic mass is 9.90. The number of amides is 1. The number of likely N-dealkylation sites (tertiary alicyclic amines) is 1. The highest BCUT2D eigenvalue weighted by Crippen LogP contribution is 2.36. The van der Waals surface area contributed by atoms with E-state index in [4.69, 9.17) is 4.52 Å². The highest BCUT2D eigenvalue weighted by atomic mass is 32.1. The van der Waals surface area contributed by atoms with E-state index in [-0.39, 0.29) is 30.2 Å². The van der Waals surface area contributed by atoms with Crippen LogP contribution in [0.2, 0.25) is 0 Å². The van der Waals surface area contributed by atoms with Crippen LogP contribution >= 0.6 is 11.3 Å². The molecule has 0 aromatic carbocycles. The fourth-order valence-corrected chi connectivity index (χ4v) is 4.31. The number of hydrogen-bond donors (Lipinski definition) is 1. The molecule has 0 radical (unpaired) electrons. The van der Waals surface area contributed by atoms with Crippen LogP contribution in [-0.2, 0) is 0 Å². The number of aliphatic hydroxyl groups is 1. The van der Waals surface area contributed by atoms with E-state index in [1.165, 1.54) is 28.5 Å². The van der Waals surface area contributed by atoms with Gasteiger partial charge in [0.1, 0.15) is 11.5 Å². The molecule has 1 fully saturated rings. The second-order valence-corrected chi connectivity index (χ2v) is 8.03. The summed E-state index contributed by atoms with van der Waals surface area (Å²) in [6.45, 7) is 2.18. The summed E-state index contributed by atoms with van der Waals surface area (Å²) in [5.74, 6) is -0.315. The molecule has 4 rings (SSSR count). The van der Waals surface area contributed by atoms with Gasteiger partial charge in [-0.15, -0.1) is 16.1 Å². The zero-order valence-corrected chi connectivity index (χ0v) is 16.6. The molecule has 8 nitrogen and oxygen atoms in total. The summed E-state index contributed by atoms with van der Waals surface area (Å²) in [5.41, 5.74) is -0.131. The van der Waals surface area contributed by atoms with Crippen molar-refractivity contribution >= 4 is 17.2 Å². The second-order valence-electron chi connectivity index (χ2n) is 7.14. The Morgan fingerprint density at radius 2 is 2.07 bits per heavy atom. The van der Waals surface area contributed by atoms with Gasteiger partial charge in [-0.05, 0) is 31.2 Å². The van der Waals surface area contributed by atoms with Crippen LogP contribution in [0.4, 0.5) is 13.2 Å². The lowest BCUT2D eigenvalue weighted by molar-refractivity contribution is -0.208. The van der Waals surface area contributed by atoms with Crippen molar-refractivity contribution in [3.63, 3.8) is 0 Å². The number of halogens is 3. The van der Waals surface area contributed by atoms with E-state index >= 15 is 0 Å². The van der Waals surface area contributed by atoms with Crippen LogP contribution in [-0.4, -0.2) is 54.8 Å². The van der Waals surface area contributed by atoms with E-state index in [2.05, 4.69) is 15.4 Å². The van der Waals surface area contributed by atoms with Crippen molar-refractivity contribution in [1.29, 1.82) is 0 Å². The summed E-state index contributed by atoms with van der Waals surface area (Å²) < 4.78 is 43.3. The van der Waals surface area contributed by atoms with E-state index in [1.54, 1.807) is 16.3 Å². The first-order valence-corrected chi connectivity index (χ1v) is 10.1. The topological polar surface area (TPSA) is 97.3 Å². The molecular formula is C18H18F3N5O3S. The number of aliphatic hydroxyl groups excluding tert-OH is 1.